The fourth-order valence-electron chi connectivity index (χ4n) is 2.76. The highest BCUT2D eigenvalue weighted by atomic mass is 32.1. The third-order valence-electron chi connectivity index (χ3n) is 4.15. The van der Waals surface area contributed by atoms with Crippen LogP contribution < -0.4 is 5.32 Å². The van der Waals surface area contributed by atoms with Gasteiger partial charge in [0.1, 0.15) is 11.6 Å². The molecule has 0 aliphatic rings. The van der Waals surface area contributed by atoms with Gasteiger partial charge in [-0.1, -0.05) is 23.5 Å². The predicted molar refractivity (Wildman–Crippen MR) is 106 cm³/mol. The van der Waals surface area contributed by atoms with Gasteiger partial charge in [-0.2, -0.15) is 9.78 Å². The van der Waals surface area contributed by atoms with Crippen LogP contribution in [0.5, 0.6) is 0 Å². The number of aryl methyl sites for hydroxylation is 1. The average Bonchev–Trinajstić information content (AvgIpc) is 3.24. The second kappa shape index (κ2) is 6.97. The second-order valence-electron chi connectivity index (χ2n) is 6.28. The molecule has 0 spiro atoms. The van der Waals surface area contributed by atoms with Crippen LogP contribution in [-0.4, -0.2) is 26.5 Å². The van der Waals surface area contributed by atoms with Crippen molar-refractivity contribution in [2.45, 2.75) is 13.8 Å². The summed E-state index contributed by atoms with van der Waals surface area (Å²) in [5, 5.41) is 7.74. The predicted octanol–water partition coefficient (Wildman–Crippen LogP) is 4.38. The Hall–Kier alpha value is -3.39. The quantitative estimate of drug-likeness (QED) is 0.521. The van der Waals surface area contributed by atoms with Gasteiger partial charge in [0, 0.05) is 17.2 Å². The molecule has 140 valence electrons. The highest BCUT2D eigenvalue weighted by molar-refractivity contribution is 7.20. The summed E-state index contributed by atoms with van der Waals surface area (Å²) in [7, 11) is 0. The van der Waals surface area contributed by atoms with E-state index in [0.29, 0.717) is 38.0 Å². The normalized spacial score (nSPS) is 11.0. The summed E-state index contributed by atoms with van der Waals surface area (Å²) >= 11 is 1.28. The van der Waals surface area contributed by atoms with Crippen molar-refractivity contribution in [1.29, 1.82) is 0 Å². The lowest BCUT2D eigenvalue weighted by Gasteiger charge is -2.07. The number of hydrogen-bond donors (Lipinski definition) is 1. The van der Waals surface area contributed by atoms with E-state index in [0.717, 1.165) is 0 Å². The Morgan fingerprint density at radius 3 is 2.50 bits per heavy atom. The molecule has 0 saturated heterocycles. The van der Waals surface area contributed by atoms with Gasteiger partial charge in [0.25, 0.3) is 5.91 Å². The van der Waals surface area contributed by atoms with Gasteiger partial charge in [0.15, 0.2) is 5.78 Å². The van der Waals surface area contributed by atoms with Crippen LogP contribution in [0.15, 0.2) is 48.5 Å². The van der Waals surface area contributed by atoms with Crippen LogP contribution in [0.1, 0.15) is 33.3 Å². The average molecular weight is 394 g/mol. The fourth-order valence-corrected chi connectivity index (χ4v) is 3.71. The number of nitrogens with one attached hydrogen (secondary N) is 1. The molecular formula is C20H15FN4O2S. The van der Waals surface area contributed by atoms with E-state index >= 15 is 0 Å². The van der Waals surface area contributed by atoms with E-state index in [2.05, 4.69) is 15.4 Å². The van der Waals surface area contributed by atoms with Crippen molar-refractivity contribution < 1.29 is 14.0 Å². The van der Waals surface area contributed by atoms with Gasteiger partial charge in [0.2, 0.25) is 5.13 Å². The van der Waals surface area contributed by atoms with Gasteiger partial charge in [-0.3, -0.25) is 9.59 Å². The summed E-state index contributed by atoms with van der Waals surface area (Å²) < 4.78 is 15.7. The van der Waals surface area contributed by atoms with Gasteiger partial charge < -0.3 is 5.32 Å². The first-order valence-electron chi connectivity index (χ1n) is 8.46. The number of carbonyl (C=O) groups is 2. The number of hydrogen-bond acceptors (Lipinski definition) is 5. The Kier molecular flexibility index (Phi) is 4.48. The number of amides is 1. The zero-order valence-electron chi connectivity index (χ0n) is 15.1. The number of aromatic nitrogens is 3. The van der Waals surface area contributed by atoms with Gasteiger partial charge in [-0.05, 0) is 44.2 Å². The van der Waals surface area contributed by atoms with Crippen molar-refractivity contribution in [1.82, 2.24) is 14.8 Å². The van der Waals surface area contributed by atoms with E-state index in [1.54, 1.807) is 43.3 Å². The van der Waals surface area contributed by atoms with Crippen LogP contribution in [0, 0.1) is 12.7 Å². The Morgan fingerprint density at radius 2 is 1.79 bits per heavy atom. The molecule has 8 heteroatoms. The molecule has 0 fully saturated rings. The van der Waals surface area contributed by atoms with Crippen molar-refractivity contribution in [3.63, 3.8) is 0 Å². The minimum atomic E-state index is -0.332. The molecule has 1 N–H and O–H groups in total. The molecule has 4 aromatic rings. The number of ketones is 1. The highest BCUT2D eigenvalue weighted by Crippen LogP contribution is 2.28. The number of rotatable bonds is 4. The minimum absolute atomic E-state index is 0.0621. The topological polar surface area (TPSA) is 76.9 Å². The summed E-state index contributed by atoms with van der Waals surface area (Å²) in [5.41, 5.74) is 2.32. The third kappa shape index (κ3) is 3.41. The summed E-state index contributed by atoms with van der Waals surface area (Å²) in [6.07, 6.45) is 0. The maximum atomic E-state index is 13.4. The van der Waals surface area contributed by atoms with Crippen molar-refractivity contribution in [3.8, 4) is 5.13 Å². The molecule has 1 amide bonds. The van der Waals surface area contributed by atoms with Crippen LogP contribution >= 0.6 is 11.3 Å². The van der Waals surface area contributed by atoms with Crippen LogP contribution in [-0.2, 0) is 0 Å². The van der Waals surface area contributed by atoms with E-state index < -0.39 is 0 Å². The lowest BCUT2D eigenvalue weighted by Crippen LogP contribution is -2.15. The van der Waals surface area contributed by atoms with Gasteiger partial charge >= 0.3 is 0 Å². The number of carbonyl (C=O) groups excluding carboxylic acids is 2. The molecular weight excluding hydrogens is 379 g/mol. The first kappa shape index (κ1) is 18.0. The minimum Gasteiger partial charge on any atom is -0.306 e. The van der Waals surface area contributed by atoms with Crippen molar-refractivity contribution >= 4 is 39.1 Å². The SMILES string of the molecule is CC(=O)c1ccc(C(=O)Nc2cc(C)nn2-c2nc3ccc(F)cc3s2)cc1. The smallest absolute Gasteiger partial charge is 0.256 e. The van der Waals surface area contributed by atoms with Crippen molar-refractivity contribution in [2.24, 2.45) is 0 Å². The number of anilines is 1. The number of fused-ring (bicyclic) bond motifs is 1. The van der Waals surface area contributed by atoms with Crippen molar-refractivity contribution in [3.05, 3.63) is 71.2 Å². The molecule has 0 saturated carbocycles. The van der Waals surface area contributed by atoms with Crippen LogP contribution in [0.25, 0.3) is 15.3 Å². The molecule has 4 rings (SSSR count). The Balaban J connectivity index is 1.65. The summed E-state index contributed by atoms with van der Waals surface area (Å²) in [4.78, 5) is 28.4. The maximum Gasteiger partial charge on any atom is 0.256 e. The largest absolute Gasteiger partial charge is 0.306 e. The zero-order valence-corrected chi connectivity index (χ0v) is 15.9. The van der Waals surface area contributed by atoms with Gasteiger partial charge in [0.05, 0.1) is 15.9 Å². The summed E-state index contributed by atoms with van der Waals surface area (Å²) in [5.74, 6) is -0.268. The standard InChI is InChI=1S/C20H15FN4O2S/c1-11-9-18(23-19(27)14-5-3-13(4-6-14)12(2)26)25(24-11)20-22-16-8-7-15(21)10-17(16)28-20/h3-10H,1-2H3,(H,23,27). The zero-order chi connectivity index (χ0) is 19.8. The maximum absolute atomic E-state index is 13.4. The van der Waals surface area contributed by atoms with E-state index in [9.17, 15) is 14.0 Å². The lowest BCUT2D eigenvalue weighted by molar-refractivity contribution is 0.100. The number of benzene rings is 2. The second-order valence-corrected chi connectivity index (χ2v) is 7.29. The van der Waals surface area contributed by atoms with Gasteiger partial charge in [-0.15, -0.1) is 0 Å². The first-order chi connectivity index (χ1) is 13.4. The van der Waals surface area contributed by atoms with E-state index in [1.807, 2.05) is 0 Å². The molecule has 28 heavy (non-hydrogen) atoms. The molecule has 0 unspecified atom stereocenters. The number of thiazole rings is 1. The van der Waals surface area contributed by atoms with E-state index in [1.165, 1.54) is 35.1 Å². The first-order valence-corrected chi connectivity index (χ1v) is 9.28. The molecule has 0 aliphatic heterocycles. The van der Waals surface area contributed by atoms with Crippen LogP contribution in [0.2, 0.25) is 0 Å². The number of Topliss-reactive ketones (excluding diaryl/α,β-unsaturated/α-hetero) is 1. The fraction of sp³-hybridized carbons (Fsp3) is 0.100. The summed E-state index contributed by atoms with van der Waals surface area (Å²) in [6.45, 7) is 3.28. The van der Waals surface area contributed by atoms with Crippen LogP contribution in [0.4, 0.5) is 10.2 Å². The monoisotopic (exact) mass is 394 g/mol. The molecule has 2 aromatic carbocycles. The Bertz CT molecular complexity index is 1210. The van der Waals surface area contributed by atoms with Gasteiger partial charge in [-0.25, -0.2) is 9.37 Å². The summed E-state index contributed by atoms with van der Waals surface area (Å²) in [6, 6.07) is 12.5. The molecule has 0 aliphatic carbocycles. The third-order valence-corrected chi connectivity index (χ3v) is 5.14. The molecule has 0 atom stereocenters. The van der Waals surface area contributed by atoms with E-state index in [4.69, 9.17) is 0 Å². The molecule has 2 heterocycles. The number of nitrogens with zero attached hydrogens (tertiary/aromatic N) is 3. The van der Waals surface area contributed by atoms with E-state index in [-0.39, 0.29) is 17.5 Å². The molecule has 0 radical (unpaired) electrons. The Morgan fingerprint density at radius 1 is 1.07 bits per heavy atom. The lowest BCUT2D eigenvalue weighted by atomic mass is 10.1. The highest BCUT2D eigenvalue weighted by Gasteiger charge is 2.16. The molecule has 6 nitrogen and oxygen atoms in total. The van der Waals surface area contributed by atoms with Crippen molar-refractivity contribution in [2.75, 3.05) is 5.32 Å². The molecule has 2 aromatic heterocycles. The number of halogens is 1. The molecule has 0 bridgehead atoms. The Labute approximate surface area is 163 Å². The van der Waals surface area contributed by atoms with Crippen LogP contribution in [0.3, 0.4) is 0 Å².